The minimum absolute atomic E-state index is 0.0283. The van der Waals surface area contributed by atoms with Gasteiger partial charge in [-0.05, 0) is 59.9 Å². The van der Waals surface area contributed by atoms with Gasteiger partial charge in [-0.2, -0.15) is 0 Å². The molecule has 1 fully saturated rings. The fraction of sp³-hybridized carbons (Fsp3) is 0.367. The van der Waals surface area contributed by atoms with E-state index >= 15 is 0 Å². The largest absolute Gasteiger partial charge is 0.376 e. The van der Waals surface area contributed by atoms with Crippen LogP contribution in [0, 0.1) is 0 Å². The molecular weight excluding hydrogens is 498 g/mol. The molecule has 1 aromatic heterocycles. The van der Waals surface area contributed by atoms with Crippen molar-refractivity contribution in [1.82, 2.24) is 10.6 Å². The Labute approximate surface area is 228 Å². The van der Waals surface area contributed by atoms with Crippen LogP contribution in [0.15, 0.2) is 72.1 Å². The lowest BCUT2D eigenvalue weighted by Gasteiger charge is -2.32. The lowest BCUT2D eigenvalue weighted by atomic mass is 9.97. The van der Waals surface area contributed by atoms with E-state index in [-0.39, 0.29) is 30.4 Å². The van der Waals surface area contributed by atoms with Gasteiger partial charge in [-0.1, -0.05) is 62.4 Å². The Morgan fingerprint density at radius 3 is 2.39 bits per heavy atom. The van der Waals surface area contributed by atoms with Gasteiger partial charge < -0.3 is 15.4 Å². The molecule has 1 aliphatic rings. The van der Waals surface area contributed by atoms with Crippen LogP contribution < -0.4 is 15.5 Å². The first-order chi connectivity index (χ1) is 18.5. The van der Waals surface area contributed by atoms with E-state index in [1.165, 1.54) is 16.2 Å². The Morgan fingerprint density at radius 1 is 1.00 bits per heavy atom. The van der Waals surface area contributed by atoms with E-state index in [9.17, 15) is 14.4 Å². The highest BCUT2D eigenvalue weighted by molar-refractivity contribution is 7.12. The Kier molecular flexibility index (Phi) is 9.67. The van der Waals surface area contributed by atoms with Crippen LogP contribution in [0.2, 0.25) is 0 Å². The summed E-state index contributed by atoms with van der Waals surface area (Å²) in [6.07, 6.45) is 2.83. The Balaban J connectivity index is 1.65. The molecule has 200 valence electrons. The third-order valence-corrected chi connectivity index (χ3v) is 7.78. The van der Waals surface area contributed by atoms with Crippen LogP contribution in [-0.4, -0.2) is 43.5 Å². The number of anilines is 1. The fourth-order valence-corrected chi connectivity index (χ4v) is 5.18. The minimum atomic E-state index is -0.918. The molecule has 3 amide bonds. The number of carbonyl (C=O) groups is 3. The van der Waals surface area contributed by atoms with Gasteiger partial charge in [-0.15, -0.1) is 11.3 Å². The first kappa shape index (κ1) is 27.5. The van der Waals surface area contributed by atoms with Gasteiger partial charge >= 0.3 is 0 Å². The standard InChI is InChI=1S/C30H35N3O4S/c1-3-21(2)22-13-15-24(16-14-22)33(27(34)20-32-29(35)26-12-8-18-38-26)28(23-9-5-4-6-10-23)30(36)31-19-25-11-7-17-37-25/h4-6,8-10,12-16,18,21,25,28H,3,7,11,17,19-20H2,1-2H3,(H,31,36)(H,32,35)/t21-,25+,28-/m0/s1. The molecule has 0 radical (unpaired) electrons. The molecule has 0 bridgehead atoms. The van der Waals surface area contributed by atoms with Gasteiger partial charge in [-0.25, -0.2) is 0 Å². The van der Waals surface area contributed by atoms with Crippen LogP contribution in [0.4, 0.5) is 5.69 Å². The Hall–Kier alpha value is -3.49. The van der Waals surface area contributed by atoms with Crippen LogP contribution in [0.5, 0.6) is 0 Å². The zero-order valence-corrected chi connectivity index (χ0v) is 22.7. The molecule has 1 saturated heterocycles. The minimum Gasteiger partial charge on any atom is -0.376 e. The van der Waals surface area contributed by atoms with Crippen molar-refractivity contribution < 1.29 is 19.1 Å². The Bertz CT molecular complexity index is 1190. The van der Waals surface area contributed by atoms with Crippen molar-refractivity contribution in [1.29, 1.82) is 0 Å². The van der Waals surface area contributed by atoms with Crippen molar-refractivity contribution >= 4 is 34.7 Å². The highest BCUT2D eigenvalue weighted by Crippen LogP contribution is 2.30. The molecule has 2 N–H and O–H groups in total. The number of nitrogens with zero attached hydrogens (tertiary/aromatic N) is 1. The summed E-state index contributed by atoms with van der Waals surface area (Å²) >= 11 is 1.31. The van der Waals surface area contributed by atoms with E-state index < -0.39 is 6.04 Å². The summed E-state index contributed by atoms with van der Waals surface area (Å²) in [4.78, 5) is 42.1. The lowest BCUT2D eigenvalue weighted by molar-refractivity contribution is -0.126. The van der Waals surface area contributed by atoms with Gasteiger partial charge in [0.15, 0.2) is 0 Å². The first-order valence-electron chi connectivity index (χ1n) is 13.2. The summed E-state index contributed by atoms with van der Waals surface area (Å²) < 4.78 is 5.69. The molecule has 2 aromatic carbocycles. The van der Waals surface area contributed by atoms with Gasteiger partial charge in [0.25, 0.3) is 5.91 Å². The predicted octanol–water partition coefficient (Wildman–Crippen LogP) is 5.06. The molecule has 2 heterocycles. The molecule has 3 atom stereocenters. The maximum atomic E-state index is 13.8. The van der Waals surface area contributed by atoms with Crippen molar-refractivity contribution in [3.05, 3.63) is 88.1 Å². The molecule has 8 heteroatoms. The van der Waals surface area contributed by atoms with Crippen LogP contribution in [0.25, 0.3) is 0 Å². The zero-order valence-electron chi connectivity index (χ0n) is 21.9. The highest BCUT2D eigenvalue weighted by Gasteiger charge is 2.33. The average Bonchev–Trinajstić information content (AvgIpc) is 3.68. The summed E-state index contributed by atoms with van der Waals surface area (Å²) in [5.41, 5.74) is 2.43. The van der Waals surface area contributed by atoms with Crippen LogP contribution in [0.3, 0.4) is 0 Å². The number of thiophene rings is 1. The maximum absolute atomic E-state index is 13.8. The van der Waals surface area contributed by atoms with Crippen LogP contribution >= 0.6 is 11.3 Å². The summed E-state index contributed by atoms with van der Waals surface area (Å²) in [5, 5.41) is 7.55. The number of amides is 3. The van der Waals surface area contributed by atoms with Crippen LogP contribution in [-0.2, 0) is 14.3 Å². The van der Waals surface area contributed by atoms with E-state index in [0.29, 0.717) is 35.2 Å². The van der Waals surface area contributed by atoms with E-state index in [0.717, 1.165) is 24.8 Å². The molecular formula is C30H35N3O4S. The molecule has 4 rings (SSSR count). The smallest absolute Gasteiger partial charge is 0.261 e. The molecule has 0 spiro atoms. The normalized spacial score (nSPS) is 16.4. The highest BCUT2D eigenvalue weighted by atomic mass is 32.1. The van der Waals surface area contributed by atoms with Crippen molar-refractivity contribution in [2.24, 2.45) is 0 Å². The maximum Gasteiger partial charge on any atom is 0.261 e. The van der Waals surface area contributed by atoms with Crippen molar-refractivity contribution in [2.45, 2.75) is 51.2 Å². The van der Waals surface area contributed by atoms with Gasteiger partial charge in [0.05, 0.1) is 17.5 Å². The Morgan fingerprint density at radius 2 is 1.76 bits per heavy atom. The summed E-state index contributed by atoms with van der Waals surface area (Å²) in [6.45, 7) is 5.12. The second kappa shape index (κ2) is 13.3. The molecule has 0 aliphatic carbocycles. The monoisotopic (exact) mass is 533 g/mol. The third-order valence-electron chi connectivity index (χ3n) is 6.92. The van der Waals surface area contributed by atoms with E-state index in [1.54, 1.807) is 12.1 Å². The van der Waals surface area contributed by atoms with E-state index in [1.807, 2.05) is 60.0 Å². The quantitative estimate of drug-likeness (QED) is 0.361. The molecule has 0 unspecified atom stereocenters. The first-order valence-corrected chi connectivity index (χ1v) is 14.0. The van der Waals surface area contributed by atoms with Crippen LogP contribution in [0.1, 0.15) is 65.9 Å². The zero-order chi connectivity index (χ0) is 26.9. The van der Waals surface area contributed by atoms with E-state index in [2.05, 4.69) is 24.5 Å². The van der Waals surface area contributed by atoms with Gasteiger partial charge in [0.1, 0.15) is 6.04 Å². The topological polar surface area (TPSA) is 87.7 Å². The summed E-state index contributed by atoms with van der Waals surface area (Å²) in [5.74, 6) is -0.625. The van der Waals surface area contributed by atoms with Gasteiger partial charge in [0.2, 0.25) is 11.8 Å². The fourth-order valence-electron chi connectivity index (χ4n) is 4.54. The number of benzene rings is 2. The number of hydrogen-bond acceptors (Lipinski definition) is 5. The van der Waals surface area contributed by atoms with E-state index in [4.69, 9.17) is 4.74 Å². The predicted molar refractivity (Wildman–Crippen MR) is 150 cm³/mol. The molecule has 0 saturated carbocycles. The average molecular weight is 534 g/mol. The number of ether oxygens (including phenoxy) is 1. The number of carbonyl (C=O) groups excluding carboxylic acids is 3. The van der Waals surface area contributed by atoms with Crippen molar-refractivity contribution in [3.8, 4) is 0 Å². The van der Waals surface area contributed by atoms with Gasteiger partial charge in [-0.3, -0.25) is 19.3 Å². The van der Waals surface area contributed by atoms with Crippen molar-refractivity contribution in [3.63, 3.8) is 0 Å². The molecule has 38 heavy (non-hydrogen) atoms. The lowest BCUT2D eigenvalue weighted by Crippen LogP contribution is -2.48. The van der Waals surface area contributed by atoms with Gasteiger partial charge in [0, 0.05) is 18.8 Å². The molecule has 3 aromatic rings. The SMILES string of the molecule is CC[C@H](C)c1ccc(N(C(=O)CNC(=O)c2cccs2)[C@H](C(=O)NC[C@H]2CCCO2)c2ccccc2)cc1. The number of rotatable bonds is 11. The second-order valence-electron chi connectivity index (χ2n) is 9.52. The molecule has 7 nitrogen and oxygen atoms in total. The molecule has 1 aliphatic heterocycles. The number of hydrogen-bond donors (Lipinski definition) is 2. The summed E-state index contributed by atoms with van der Waals surface area (Å²) in [7, 11) is 0. The van der Waals surface area contributed by atoms with Crippen molar-refractivity contribution in [2.75, 3.05) is 24.6 Å². The third kappa shape index (κ3) is 6.88. The number of nitrogens with one attached hydrogen (secondary N) is 2. The second-order valence-corrected chi connectivity index (χ2v) is 10.5. The summed E-state index contributed by atoms with van der Waals surface area (Å²) in [6, 6.07) is 19.6.